The first-order valence-electron chi connectivity index (χ1n) is 6.81. The van der Waals surface area contributed by atoms with Crippen LogP contribution in [0.25, 0.3) is 10.9 Å². The lowest BCUT2D eigenvalue weighted by atomic mass is 10.0. The molecule has 0 saturated heterocycles. The summed E-state index contributed by atoms with van der Waals surface area (Å²) < 4.78 is 0. The molecule has 102 valence electrons. The molecule has 0 atom stereocenters. The van der Waals surface area contributed by atoms with E-state index in [9.17, 15) is 0 Å². The highest BCUT2D eigenvalue weighted by Crippen LogP contribution is 2.29. The van der Waals surface area contributed by atoms with E-state index in [2.05, 4.69) is 49.1 Å². The number of hydrogen-bond donors (Lipinski definition) is 1. The maximum atomic E-state index is 5.60. The first-order chi connectivity index (χ1) is 9.02. The van der Waals surface area contributed by atoms with E-state index >= 15 is 0 Å². The SMILES string of the molecule is Cc1cc(N(C)C)c2cc(CCCN)cc(C)c2n1. The van der Waals surface area contributed by atoms with Gasteiger partial charge in [-0.1, -0.05) is 6.07 Å². The zero-order valence-electron chi connectivity index (χ0n) is 12.3. The molecule has 19 heavy (non-hydrogen) atoms. The van der Waals surface area contributed by atoms with Crippen LogP contribution in [0.2, 0.25) is 0 Å². The third-order valence-corrected chi connectivity index (χ3v) is 3.42. The van der Waals surface area contributed by atoms with Gasteiger partial charge in [0, 0.05) is 30.9 Å². The molecule has 1 aromatic heterocycles. The molecule has 0 radical (unpaired) electrons. The number of anilines is 1. The van der Waals surface area contributed by atoms with Crippen LogP contribution in [0.3, 0.4) is 0 Å². The van der Waals surface area contributed by atoms with Gasteiger partial charge in [-0.2, -0.15) is 0 Å². The molecule has 0 spiro atoms. The van der Waals surface area contributed by atoms with Crippen LogP contribution in [-0.4, -0.2) is 25.6 Å². The van der Waals surface area contributed by atoms with Crippen LogP contribution in [-0.2, 0) is 6.42 Å². The number of rotatable bonds is 4. The topological polar surface area (TPSA) is 42.1 Å². The fourth-order valence-corrected chi connectivity index (χ4v) is 2.50. The largest absolute Gasteiger partial charge is 0.377 e. The molecule has 2 aromatic rings. The lowest BCUT2D eigenvalue weighted by Gasteiger charge is -2.18. The third kappa shape index (κ3) is 2.87. The Bertz CT molecular complexity index is 588. The normalized spacial score (nSPS) is 11.0. The molecule has 0 aliphatic rings. The van der Waals surface area contributed by atoms with Crippen LogP contribution in [0.15, 0.2) is 18.2 Å². The van der Waals surface area contributed by atoms with Crippen molar-refractivity contribution in [1.82, 2.24) is 4.98 Å². The number of nitrogens with zero attached hydrogens (tertiary/aromatic N) is 2. The molecule has 0 unspecified atom stereocenters. The smallest absolute Gasteiger partial charge is 0.0755 e. The Morgan fingerprint density at radius 2 is 1.89 bits per heavy atom. The van der Waals surface area contributed by atoms with Crippen molar-refractivity contribution in [3.63, 3.8) is 0 Å². The minimum atomic E-state index is 0.740. The maximum absolute atomic E-state index is 5.60. The van der Waals surface area contributed by atoms with Gasteiger partial charge in [0.15, 0.2) is 0 Å². The van der Waals surface area contributed by atoms with Gasteiger partial charge in [0.2, 0.25) is 0 Å². The van der Waals surface area contributed by atoms with E-state index in [1.165, 1.54) is 22.2 Å². The second kappa shape index (κ2) is 5.57. The number of fused-ring (bicyclic) bond motifs is 1. The number of benzene rings is 1. The Morgan fingerprint density at radius 1 is 1.16 bits per heavy atom. The monoisotopic (exact) mass is 257 g/mol. The van der Waals surface area contributed by atoms with Gasteiger partial charge >= 0.3 is 0 Å². The molecular formula is C16H23N3. The number of nitrogens with two attached hydrogens (primary N) is 1. The van der Waals surface area contributed by atoms with Gasteiger partial charge in [0.25, 0.3) is 0 Å². The second-order valence-electron chi connectivity index (χ2n) is 5.38. The molecule has 0 bridgehead atoms. The quantitative estimate of drug-likeness (QED) is 0.915. The highest BCUT2D eigenvalue weighted by atomic mass is 15.1. The van der Waals surface area contributed by atoms with Gasteiger partial charge in [-0.25, -0.2) is 0 Å². The fourth-order valence-electron chi connectivity index (χ4n) is 2.50. The molecular weight excluding hydrogens is 234 g/mol. The Labute approximate surface area is 115 Å². The van der Waals surface area contributed by atoms with Crippen molar-refractivity contribution in [2.24, 2.45) is 5.73 Å². The molecule has 0 saturated carbocycles. The minimum absolute atomic E-state index is 0.740. The predicted molar refractivity (Wildman–Crippen MR) is 82.9 cm³/mol. The molecule has 0 aliphatic heterocycles. The molecule has 1 aromatic carbocycles. The fraction of sp³-hybridized carbons (Fsp3) is 0.438. The second-order valence-corrected chi connectivity index (χ2v) is 5.38. The lowest BCUT2D eigenvalue weighted by molar-refractivity contribution is 0.833. The van der Waals surface area contributed by atoms with Crippen molar-refractivity contribution in [3.05, 3.63) is 35.0 Å². The average molecular weight is 257 g/mol. The number of pyridine rings is 1. The van der Waals surface area contributed by atoms with Gasteiger partial charge in [0.1, 0.15) is 0 Å². The summed E-state index contributed by atoms with van der Waals surface area (Å²) >= 11 is 0. The molecule has 1 heterocycles. The van der Waals surface area contributed by atoms with E-state index in [1.54, 1.807) is 0 Å². The zero-order chi connectivity index (χ0) is 14.0. The number of hydrogen-bond acceptors (Lipinski definition) is 3. The van der Waals surface area contributed by atoms with E-state index < -0.39 is 0 Å². The van der Waals surface area contributed by atoms with Crippen LogP contribution in [0.4, 0.5) is 5.69 Å². The zero-order valence-corrected chi connectivity index (χ0v) is 12.3. The Balaban J connectivity index is 2.63. The van der Waals surface area contributed by atoms with Gasteiger partial charge < -0.3 is 10.6 Å². The summed E-state index contributed by atoms with van der Waals surface area (Å²) in [7, 11) is 4.16. The summed E-state index contributed by atoms with van der Waals surface area (Å²) in [5.41, 5.74) is 11.6. The molecule has 2 N–H and O–H groups in total. The van der Waals surface area contributed by atoms with Crippen LogP contribution in [0.1, 0.15) is 23.2 Å². The molecule has 0 aliphatic carbocycles. The van der Waals surface area contributed by atoms with Crippen molar-refractivity contribution < 1.29 is 0 Å². The van der Waals surface area contributed by atoms with E-state index in [4.69, 9.17) is 5.73 Å². The Kier molecular flexibility index (Phi) is 4.05. The van der Waals surface area contributed by atoms with Crippen molar-refractivity contribution in [3.8, 4) is 0 Å². The average Bonchev–Trinajstić information content (AvgIpc) is 2.36. The first-order valence-corrected chi connectivity index (χ1v) is 6.81. The number of aromatic nitrogens is 1. The van der Waals surface area contributed by atoms with Gasteiger partial charge in [-0.15, -0.1) is 0 Å². The van der Waals surface area contributed by atoms with Crippen LogP contribution in [0.5, 0.6) is 0 Å². The van der Waals surface area contributed by atoms with Crippen molar-refractivity contribution in [2.45, 2.75) is 26.7 Å². The van der Waals surface area contributed by atoms with Crippen molar-refractivity contribution >= 4 is 16.6 Å². The summed E-state index contributed by atoms with van der Waals surface area (Å²) in [6, 6.07) is 6.65. The van der Waals surface area contributed by atoms with E-state index in [1.807, 2.05) is 6.92 Å². The number of aryl methyl sites for hydroxylation is 3. The van der Waals surface area contributed by atoms with E-state index in [0.29, 0.717) is 0 Å². The molecule has 3 nitrogen and oxygen atoms in total. The summed E-state index contributed by atoms with van der Waals surface area (Å²) in [6.45, 7) is 4.93. The lowest BCUT2D eigenvalue weighted by Crippen LogP contribution is -2.10. The van der Waals surface area contributed by atoms with E-state index in [-0.39, 0.29) is 0 Å². The Hall–Kier alpha value is -1.61. The van der Waals surface area contributed by atoms with Crippen LogP contribution < -0.4 is 10.6 Å². The highest BCUT2D eigenvalue weighted by Gasteiger charge is 2.09. The predicted octanol–water partition coefficient (Wildman–Crippen LogP) is 2.81. The summed E-state index contributed by atoms with van der Waals surface area (Å²) in [5, 5.41) is 1.24. The maximum Gasteiger partial charge on any atom is 0.0755 e. The highest BCUT2D eigenvalue weighted by molar-refractivity contribution is 5.94. The van der Waals surface area contributed by atoms with Crippen molar-refractivity contribution in [2.75, 3.05) is 25.5 Å². The van der Waals surface area contributed by atoms with Crippen LogP contribution in [0, 0.1) is 13.8 Å². The Morgan fingerprint density at radius 3 is 2.53 bits per heavy atom. The standard InChI is InChI=1S/C16H23N3/c1-11-8-13(6-5-7-17)10-14-15(19(3)4)9-12(2)18-16(11)14/h8-10H,5-7,17H2,1-4H3. The molecule has 3 heteroatoms. The van der Waals surface area contributed by atoms with Gasteiger partial charge in [-0.3, -0.25) is 4.98 Å². The van der Waals surface area contributed by atoms with Gasteiger partial charge in [-0.05, 0) is 56.5 Å². The summed E-state index contributed by atoms with van der Waals surface area (Å²) in [6.07, 6.45) is 2.07. The van der Waals surface area contributed by atoms with Crippen molar-refractivity contribution in [1.29, 1.82) is 0 Å². The summed E-state index contributed by atoms with van der Waals surface area (Å²) in [5.74, 6) is 0. The van der Waals surface area contributed by atoms with Gasteiger partial charge in [0.05, 0.1) is 5.52 Å². The molecule has 0 amide bonds. The molecule has 2 rings (SSSR count). The summed E-state index contributed by atoms with van der Waals surface area (Å²) in [4.78, 5) is 6.84. The first kappa shape index (κ1) is 13.8. The third-order valence-electron chi connectivity index (χ3n) is 3.42. The minimum Gasteiger partial charge on any atom is -0.377 e. The van der Waals surface area contributed by atoms with E-state index in [0.717, 1.165) is 30.6 Å². The van der Waals surface area contributed by atoms with Crippen LogP contribution >= 0.6 is 0 Å². The molecule has 0 fully saturated rings.